The molecule has 2 rings (SSSR count). The fraction of sp³-hybridized carbons (Fsp3) is 0.444. The van der Waals surface area contributed by atoms with Crippen molar-refractivity contribution in [3.8, 4) is 0 Å². The summed E-state index contributed by atoms with van der Waals surface area (Å²) in [4.78, 5) is 25.5. The number of carbonyl (C=O) groups excluding carboxylic acids is 2. The third-order valence-electron chi connectivity index (χ3n) is 4.22. The number of nitrogens with zero attached hydrogens (tertiary/aromatic N) is 1. The van der Waals surface area contributed by atoms with E-state index in [1.807, 2.05) is 0 Å². The molecule has 1 aliphatic heterocycles. The zero-order chi connectivity index (χ0) is 18.4. The number of benzene rings is 1. The molecule has 0 aromatic heterocycles. The predicted octanol–water partition coefficient (Wildman–Crippen LogP) is 3.09. The lowest BCUT2D eigenvalue weighted by Crippen LogP contribution is -2.43. The maximum absolute atomic E-state index is 12.5. The van der Waals surface area contributed by atoms with Crippen LogP contribution in [0.15, 0.2) is 30.3 Å². The minimum absolute atomic E-state index is 0.0788. The Morgan fingerprint density at radius 1 is 1.20 bits per heavy atom. The van der Waals surface area contributed by atoms with Gasteiger partial charge in [-0.2, -0.15) is 13.2 Å². The molecule has 0 saturated carbocycles. The minimum atomic E-state index is -4.38. The highest BCUT2D eigenvalue weighted by molar-refractivity contribution is 5.94. The number of halogens is 3. The molecule has 1 aromatic carbocycles. The molecule has 0 spiro atoms. The van der Waals surface area contributed by atoms with Crippen LogP contribution >= 0.6 is 0 Å². The molecule has 1 aromatic rings. The highest BCUT2D eigenvalue weighted by Gasteiger charge is 2.29. The first-order valence-corrected chi connectivity index (χ1v) is 8.16. The van der Waals surface area contributed by atoms with E-state index in [9.17, 15) is 22.8 Å². The fourth-order valence-electron chi connectivity index (χ4n) is 2.55. The molecule has 1 N–H and O–H groups in total. The molecule has 0 bridgehead atoms. The van der Waals surface area contributed by atoms with Gasteiger partial charge in [-0.3, -0.25) is 9.59 Å². The van der Waals surface area contributed by atoms with E-state index in [0.717, 1.165) is 25.0 Å². The number of nitrogens with one attached hydrogen (secondary N) is 1. The first kappa shape index (κ1) is 19.0. The summed E-state index contributed by atoms with van der Waals surface area (Å²) in [5, 5.41) is 2.50. The summed E-state index contributed by atoms with van der Waals surface area (Å²) in [6, 6.07) is 4.48. The van der Waals surface area contributed by atoms with E-state index >= 15 is 0 Å². The Kier molecular flexibility index (Phi) is 6.22. The summed E-state index contributed by atoms with van der Waals surface area (Å²) < 4.78 is 37.4. The van der Waals surface area contributed by atoms with E-state index in [4.69, 9.17) is 0 Å². The van der Waals surface area contributed by atoms with Gasteiger partial charge in [0.25, 0.3) is 0 Å². The van der Waals surface area contributed by atoms with Crippen LogP contribution in [0.2, 0.25) is 0 Å². The van der Waals surface area contributed by atoms with E-state index in [-0.39, 0.29) is 12.5 Å². The standard InChI is InChI=1S/C18H21F3N2O2/c1-13-8-10-23(11-9-13)17(25)12-22-16(24)7-4-14-2-5-15(6-3-14)18(19,20)21/h2-7,13H,8-12H2,1H3,(H,22,24)/b7-4+. The van der Waals surface area contributed by atoms with Crippen LogP contribution < -0.4 is 5.32 Å². The second-order valence-electron chi connectivity index (χ2n) is 6.23. The van der Waals surface area contributed by atoms with E-state index in [1.165, 1.54) is 24.3 Å². The van der Waals surface area contributed by atoms with E-state index in [0.29, 0.717) is 24.6 Å². The van der Waals surface area contributed by atoms with Gasteiger partial charge in [0.15, 0.2) is 0 Å². The Labute approximate surface area is 144 Å². The number of alkyl halides is 3. The molecule has 1 aliphatic rings. The summed E-state index contributed by atoms with van der Waals surface area (Å²) >= 11 is 0. The number of carbonyl (C=O) groups is 2. The molecular formula is C18H21F3N2O2. The van der Waals surface area contributed by atoms with Crippen LogP contribution in [0.3, 0.4) is 0 Å². The van der Waals surface area contributed by atoms with Crippen LogP contribution in [0.4, 0.5) is 13.2 Å². The zero-order valence-electron chi connectivity index (χ0n) is 14.0. The van der Waals surface area contributed by atoms with Crippen LogP contribution in [0.5, 0.6) is 0 Å². The number of likely N-dealkylation sites (tertiary alicyclic amines) is 1. The van der Waals surface area contributed by atoms with Crippen LogP contribution in [0, 0.1) is 5.92 Å². The van der Waals surface area contributed by atoms with Gasteiger partial charge in [-0.25, -0.2) is 0 Å². The van der Waals surface area contributed by atoms with Crippen molar-refractivity contribution < 1.29 is 22.8 Å². The van der Waals surface area contributed by atoms with Crippen molar-refractivity contribution in [2.24, 2.45) is 5.92 Å². The van der Waals surface area contributed by atoms with Gasteiger partial charge in [0, 0.05) is 19.2 Å². The van der Waals surface area contributed by atoms with Crippen LogP contribution in [0.1, 0.15) is 30.9 Å². The first-order chi connectivity index (χ1) is 11.8. The van der Waals surface area contributed by atoms with Crippen molar-refractivity contribution in [1.82, 2.24) is 10.2 Å². The van der Waals surface area contributed by atoms with Gasteiger partial charge in [0.05, 0.1) is 12.1 Å². The molecule has 1 heterocycles. The monoisotopic (exact) mass is 354 g/mol. The van der Waals surface area contributed by atoms with Crippen molar-refractivity contribution in [1.29, 1.82) is 0 Å². The van der Waals surface area contributed by atoms with E-state index < -0.39 is 17.6 Å². The predicted molar refractivity (Wildman–Crippen MR) is 88.5 cm³/mol. The van der Waals surface area contributed by atoms with Crippen molar-refractivity contribution in [2.75, 3.05) is 19.6 Å². The van der Waals surface area contributed by atoms with Crippen molar-refractivity contribution in [2.45, 2.75) is 25.9 Å². The van der Waals surface area contributed by atoms with Crippen LogP contribution in [0.25, 0.3) is 6.08 Å². The fourth-order valence-corrected chi connectivity index (χ4v) is 2.55. The zero-order valence-corrected chi connectivity index (χ0v) is 14.0. The van der Waals surface area contributed by atoms with Gasteiger partial charge in [-0.05, 0) is 42.5 Å². The number of piperidine rings is 1. The molecule has 0 aliphatic carbocycles. The van der Waals surface area contributed by atoms with Gasteiger partial charge in [-0.15, -0.1) is 0 Å². The molecule has 1 saturated heterocycles. The minimum Gasteiger partial charge on any atom is -0.343 e. The highest BCUT2D eigenvalue weighted by atomic mass is 19.4. The number of rotatable bonds is 4. The van der Waals surface area contributed by atoms with Crippen molar-refractivity contribution in [3.05, 3.63) is 41.5 Å². The Morgan fingerprint density at radius 3 is 2.36 bits per heavy atom. The summed E-state index contributed by atoms with van der Waals surface area (Å²) in [5.74, 6) is 0.0344. The first-order valence-electron chi connectivity index (χ1n) is 8.16. The molecule has 7 heteroatoms. The summed E-state index contributed by atoms with van der Waals surface area (Å²) in [5.41, 5.74) is -0.268. The maximum atomic E-state index is 12.5. The number of hydrogen-bond donors (Lipinski definition) is 1. The van der Waals surface area contributed by atoms with Gasteiger partial charge >= 0.3 is 6.18 Å². The topological polar surface area (TPSA) is 49.4 Å². The van der Waals surface area contributed by atoms with Crippen LogP contribution in [-0.2, 0) is 15.8 Å². The molecule has 0 unspecified atom stereocenters. The summed E-state index contributed by atoms with van der Waals surface area (Å²) in [6.07, 6.45) is 0.157. The largest absolute Gasteiger partial charge is 0.416 e. The smallest absolute Gasteiger partial charge is 0.343 e. The molecule has 4 nitrogen and oxygen atoms in total. The van der Waals surface area contributed by atoms with Crippen molar-refractivity contribution >= 4 is 17.9 Å². The Bertz CT molecular complexity index is 631. The lowest BCUT2D eigenvalue weighted by Gasteiger charge is -2.30. The SMILES string of the molecule is CC1CCN(C(=O)CNC(=O)/C=C/c2ccc(C(F)(F)F)cc2)CC1. The Hall–Kier alpha value is -2.31. The Balaban J connectivity index is 1.79. The number of hydrogen-bond acceptors (Lipinski definition) is 2. The molecule has 1 fully saturated rings. The Morgan fingerprint density at radius 2 is 1.80 bits per heavy atom. The summed E-state index contributed by atoms with van der Waals surface area (Å²) in [7, 11) is 0. The molecule has 25 heavy (non-hydrogen) atoms. The molecule has 0 atom stereocenters. The highest BCUT2D eigenvalue weighted by Crippen LogP contribution is 2.29. The lowest BCUT2D eigenvalue weighted by atomic mass is 9.99. The summed E-state index contributed by atoms with van der Waals surface area (Å²) in [6.45, 7) is 3.48. The molecule has 2 amide bonds. The van der Waals surface area contributed by atoms with Gasteiger partial charge < -0.3 is 10.2 Å². The third-order valence-corrected chi connectivity index (χ3v) is 4.22. The van der Waals surface area contributed by atoms with E-state index in [2.05, 4.69) is 12.2 Å². The second kappa shape index (κ2) is 8.18. The molecule has 136 valence electrons. The molecular weight excluding hydrogens is 333 g/mol. The lowest BCUT2D eigenvalue weighted by molar-refractivity contribution is -0.137. The van der Waals surface area contributed by atoms with Gasteiger partial charge in [0.1, 0.15) is 0 Å². The van der Waals surface area contributed by atoms with Gasteiger partial charge in [-0.1, -0.05) is 19.1 Å². The average Bonchev–Trinajstić information content (AvgIpc) is 2.58. The molecule has 0 radical (unpaired) electrons. The van der Waals surface area contributed by atoms with E-state index in [1.54, 1.807) is 4.90 Å². The third kappa shape index (κ3) is 5.92. The average molecular weight is 354 g/mol. The second-order valence-corrected chi connectivity index (χ2v) is 6.23. The van der Waals surface area contributed by atoms with Crippen LogP contribution in [-0.4, -0.2) is 36.3 Å². The number of amides is 2. The van der Waals surface area contributed by atoms with Gasteiger partial charge in [0.2, 0.25) is 11.8 Å². The maximum Gasteiger partial charge on any atom is 0.416 e. The normalized spacial score (nSPS) is 16.2. The van der Waals surface area contributed by atoms with Crippen molar-refractivity contribution in [3.63, 3.8) is 0 Å². The quantitative estimate of drug-likeness (QED) is 0.845.